The maximum Gasteiger partial charge on any atom is 0.126 e. The van der Waals surface area contributed by atoms with Crippen molar-refractivity contribution in [3.8, 4) is 0 Å². The molecule has 1 aromatic rings. The molecular formula is C16H24F2N2. The minimum atomic E-state index is -0.562. The molecule has 2 rings (SSSR count). The molecule has 2 nitrogen and oxygen atoms in total. The fourth-order valence-corrected chi connectivity index (χ4v) is 3.60. The van der Waals surface area contributed by atoms with Gasteiger partial charge in [0.2, 0.25) is 0 Å². The number of nitrogens with zero attached hydrogens (tertiary/aromatic N) is 1. The van der Waals surface area contributed by atoms with E-state index in [9.17, 15) is 8.78 Å². The van der Waals surface area contributed by atoms with Crippen LogP contribution >= 0.6 is 0 Å². The number of rotatable bonds is 3. The van der Waals surface area contributed by atoms with Gasteiger partial charge in [-0.2, -0.15) is 0 Å². The monoisotopic (exact) mass is 282 g/mol. The Morgan fingerprint density at radius 3 is 2.35 bits per heavy atom. The zero-order valence-corrected chi connectivity index (χ0v) is 12.5. The minimum absolute atomic E-state index is 0.224. The smallest absolute Gasteiger partial charge is 0.126 e. The second-order valence-corrected chi connectivity index (χ2v) is 6.38. The number of benzene rings is 1. The molecule has 0 bridgehead atoms. The summed E-state index contributed by atoms with van der Waals surface area (Å²) in [5, 5.41) is 0. The van der Waals surface area contributed by atoms with Crippen molar-refractivity contribution in [2.24, 2.45) is 11.7 Å². The summed E-state index contributed by atoms with van der Waals surface area (Å²) in [6.07, 6.45) is 4.22. The van der Waals surface area contributed by atoms with Crippen LogP contribution in [0.5, 0.6) is 0 Å². The van der Waals surface area contributed by atoms with Crippen LogP contribution in [-0.4, -0.2) is 24.5 Å². The summed E-state index contributed by atoms with van der Waals surface area (Å²) in [4.78, 5) is 2.14. The van der Waals surface area contributed by atoms with E-state index >= 15 is 0 Å². The molecule has 1 aromatic carbocycles. The first-order valence-electron chi connectivity index (χ1n) is 7.24. The normalized spacial score (nSPS) is 28.6. The molecule has 1 fully saturated rings. The third-order valence-corrected chi connectivity index (χ3v) is 4.72. The largest absolute Gasteiger partial charge is 0.322 e. The minimum Gasteiger partial charge on any atom is -0.322 e. The lowest BCUT2D eigenvalue weighted by molar-refractivity contribution is 0.0498. The van der Waals surface area contributed by atoms with E-state index in [0.29, 0.717) is 11.5 Å². The van der Waals surface area contributed by atoms with Crippen LogP contribution in [0.25, 0.3) is 0 Å². The van der Waals surface area contributed by atoms with Crippen LogP contribution in [0.3, 0.4) is 0 Å². The summed E-state index contributed by atoms with van der Waals surface area (Å²) in [7, 11) is 4.01. The van der Waals surface area contributed by atoms with Crippen molar-refractivity contribution >= 4 is 0 Å². The fraction of sp³-hybridized carbons (Fsp3) is 0.625. The van der Waals surface area contributed by atoms with E-state index in [0.717, 1.165) is 25.3 Å². The number of nitrogens with two attached hydrogens (primary N) is 1. The predicted molar refractivity (Wildman–Crippen MR) is 77.3 cm³/mol. The van der Waals surface area contributed by atoms with Gasteiger partial charge in [-0.05, 0) is 50.6 Å². The Hall–Kier alpha value is -1.00. The highest BCUT2D eigenvalue weighted by Gasteiger charge is 2.42. The predicted octanol–water partition coefficient (Wildman–Crippen LogP) is 3.48. The van der Waals surface area contributed by atoms with E-state index in [1.165, 1.54) is 18.6 Å². The third-order valence-electron chi connectivity index (χ3n) is 4.72. The van der Waals surface area contributed by atoms with Gasteiger partial charge in [-0.1, -0.05) is 19.8 Å². The first-order valence-corrected chi connectivity index (χ1v) is 7.24. The van der Waals surface area contributed by atoms with Crippen LogP contribution in [0.4, 0.5) is 8.78 Å². The van der Waals surface area contributed by atoms with Gasteiger partial charge in [-0.25, -0.2) is 8.78 Å². The average molecular weight is 282 g/mol. The zero-order valence-electron chi connectivity index (χ0n) is 12.5. The Labute approximate surface area is 120 Å². The lowest BCUT2D eigenvalue weighted by atomic mass is 9.70. The van der Waals surface area contributed by atoms with Crippen molar-refractivity contribution in [2.75, 3.05) is 14.1 Å². The number of likely N-dealkylation sites (N-methyl/N-ethyl adjacent to an activating group) is 1. The van der Waals surface area contributed by atoms with Crippen LogP contribution < -0.4 is 5.73 Å². The van der Waals surface area contributed by atoms with Crippen molar-refractivity contribution in [1.29, 1.82) is 0 Å². The van der Waals surface area contributed by atoms with Crippen molar-refractivity contribution in [3.05, 3.63) is 35.4 Å². The van der Waals surface area contributed by atoms with Crippen LogP contribution in [0, 0.1) is 17.6 Å². The molecule has 0 spiro atoms. The van der Waals surface area contributed by atoms with E-state index in [2.05, 4.69) is 11.8 Å². The Morgan fingerprint density at radius 1 is 1.25 bits per heavy atom. The lowest BCUT2D eigenvalue weighted by Gasteiger charge is -2.49. The van der Waals surface area contributed by atoms with Crippen LogP contribution in [0.15, 0.2) is 18.2 Å². The average Bonchev–Trinajstić information content (AvgIpc) is 2.36. The summed E-state index contributed by atoms with van der Waals surface area (Å²) >= 11 is 0. The molecule has 112 valence electrons. The van der Waals surface area contributed by atoms with Gasteiger partial charge >= 0.3 is 0 Å². The van der Waals surface area contributed by atoms with Gasteiger partial charge in [-0.15, -0.1) is 0 Å². The third kappa shape index (κ3) is 2.86. The van der Waals surface area contributed by atoms with Gasteiger partial charge in [0.25, 0.3) is 0 Å². The SMILES string of the molecule is CC1CCCC(C(N)c2cc(F)cc(F)c2)(N(C)C)C1. The molecule has 1 aliphatic carbocycles. The Kier molecular flexibility index (Phi) is 4.45. The van der Waals surface area contributed by atoms with Gasteiger partial charge in [0.05, 0.1) is 0 Å². The highest BCUT2D eigenvalue weighted by molar-refractivity contribution is 5.25. The molecule has 3 unspecified atom stereocenters. The summed E-state index contributed by atoms with van der Waals surface area (Å²) < 4.78 is 26.9. The van der Waals surface area contributed by atoms with E-state index in [1.54, 1.807) is 0 Å². The topological polar surface area (TPSA) is 29.3 Å². The zero-order chi connectivity index (χ0) is 14.9. The Morgan fingerprint density at radius 2 is 1.85 bits per heavy atom. The maximum atomic E-state index is 13.4. The van der Waals surface area contributed by atoms with Gasteiger partial charge < -0.3 is 10.6 Å². The second kappa shape index (κ2) is 5.78. The summed E-state index contributed by atoms with van der Waals surface area (Å²) in [5.74, 6) is -0.544. The summed E-state index contributed by atoms with van der Waals surface area (Å²) in [6, 6.07) is 3.23. The first kappa shape index (κ1) is 15.4. The highest BCUT2D eigenvalue weighted by Crippen LogP contribution is 2.43. The van der Waals surface area contributed by atoms with Crippen molar-refractivity contribution < 1.29 is 8.78 Å². The Bertz CT molecular complexity index is 455. The first-order chi connectivity index (χ1) is 9.35. The van der Waals surface area contributed by atoms with Gasteiger partial charge in [0, 0.05) is 17.6 Å². The van der Waals surface area contributed by atoms with Crippen molar-refractivity contribution in [1.82, 2.24) is 4.90 Å². The van der Waals surface area contributed by atoms with E-state index in [-0.39, 0.29) is 11.6 Å². The van der Waals surface area contributed by atoms with Crippen LogP contribution in [0.2, 0.25) is 0 Å². The molecule has 0 aromatic heterocycles. The molecule has 0 radical (unpaired) electrons. The number of halogens is 2. The number of hydrogen-bond acceptors (Lipinski definition) is 2. The fourth-order valence-electron chi connectivity index (χ4n) is 3.60. The standard InChI is InChI=1S/C16H24F2N2/c1-11-5-4-6-16(10-11,20(2)3)15(19)12-7-13(17)9-14(18)8-12/h7-9,11,15H,4-6,10,19H2,1-3H3. The summed E-state index contributed by atoms with van der Waals surface area (Å²) in [6.45, 7) is 2.22. The maximum absolute atomic E-state index is 13.4. The molecule has 4 heteroatoms. The quantitative estimate of drug-likeness (QED) is 0.919. The molecule has 0 heterocycles. The van der Waals surface area contributed by atoms with E-state index in [1.807, 2.05) is 14.1 Å². The Balaban J connectivity index is 2.38. The van der Waals surface area contributed by atoms with Crippen molar-refractivity contribution in [2.45, 2.75) is 44.2 Å². The van der Waals surface area contributed by atoms with E-state index < -0.39 is 11.6 Å². The van der Waals surface area contributed by atoms with Gasteiger partial charge in [0.1, 0.15) is 11.6 Å². The second-order valence-electron chi connectivity index (χ2n) is 6.38. The molecule has 0 amide bonds. The molecule has 20 heavy (non-hydrogen) atoms. The molecular weight excluding hydrogens is 258 g/mol. The molecule has 0 saturated heterocycles. The molecule has 0 aliphatic heterocycles. The lowest BCUT2D eigenvalue weighted by Crippen LogP contribution is -2.54. The van der Waals surface area contributed by atoms with Gasteiger partial charge in [0.15, 0.2) is 0 Å². The molecule has 1 aliphatic rings. The van der Waals surface area contributed by atoms with Crippen molar-refractivity contribution in [3.63, 3.8) is 0 Å². The van der Waals surface area contributed by atoms with Crippen LogP contribution in [0.1, 0.15) is 44.2 Å². The summed E-state index contributed by atoms with van der Waals surface area (Å²) in [5.41, 5.74) is 6.75. The van der Waals surface area contributed by atoms with E-state index in [4.69, 9.17) is 5.73 Å². The molecule has 3 atom stereocenters. The molecule has 1 saturated carbocycles. The number of hydrogen-bond donors (Lipinski definition) is 1. The molecule has 2 N–H and O–H groups in total. The van der Waals surface area contributed by atoms with Gasteiger partial charge in [-0.3, -0.25) is 0 Å². The highest BCUT2D eigenvalue weighted by atomic mass is 19.1. The van der Waals surface area contributed by atoms with Crippen LogP contribution in [-0.2, 0) is 0 Å².